The van der Waals surface area contributed by atoms with E-state index in [-0.39, 0.29) is 11.9 Å². The summed E-state index contributed by atoms with van der Waals surface area (Å²) in [6, 6.07) is 1.80. The SMILES string of the molecule is CC(=O)c1cc(C)cnc1OC(C)C. The Kier molecular flexibility index (Phi) is 3.23. The molecular formula is C11H15NO2. The van der Waals surface area contributed by atoms with Crippen molar-refractivity contribution in [2.45, 2.75) is 33.8 Å². The van der Waals surface area contributed by atoms with Crippen molar-refractivity contribution in [2.24, 2.45) is 0 Å². The number of hydrogen-bond donors (Lipinski definition) is 0. The van der Waals surface area contributed by atoms with Crippen LogP contribution in [0.2, 0.25) is 0 Å². The van der Waals surface area contributed by atoms with Gasteiger partial charge in [0.25, 0.3) is 0 Å². The smallest absolute Gasteiger partial charge is 0.224 e. The molecule has 0 aliphatic heterocycles. The van der Waals surface area contributed by atoms with Crippen molar-refractivity contribution >= 4 is 5.78 Å². The Hall–Kier alpha value is -1.38. The Labute approximate surface area is 84.1 Å². The van der Waals surface area contributed by atoms with Gasteiger partial charge in [-0.3, -0.25) is 4.79 Å². The van der Waals surface area contributed by atoms with E-state index in [2.05, 4.69) is 4.98 Å². The fourth-order valence-corrected chi connectivity index (χ4v) is 1.13. The van der Waals surface area contributed by atoms with E-state index >= 15 is 0 Å². The molecule has 0 saturated carbocycles. The summed E-state index contributed by atoms with van der Waals surface area (Å²) >= 11 is 0. The van der Waals surface area contributed by atoms with Crippen molar-refractivity contribution in [3.63, 3.8) is 0 Å². The van der Waals surface area contributed by atoms with Gasteiger partial charge < -0.3 is 4.74 Å². The normalized spacial score (nSPS) is 10.4. The molecular weight excluding hydrogens is 178 g/mol. The summed E-state index contributed by atoms with van der Waals surface area (Å²) in [4.78, 5) is 15.4. The lowest BCUT2D eigenvalue weighted by atomic mass is 10.1. The van der Waals surface area contributed by atoms with Crippen LogP contribution in [0.25, 0.3) is 0 Å². The summed E-state index contributed by atoms with van der Waals surface area (Å²) in [6.45, 7) is 7.24. The van der Waals surface area contributed by atoms with Crippen LogP contribution >= 0.6 is 0 Å². The number of nitrogens with zero attached hydrogens (tertiary/aromatic N) is 1. The Morgan fingerprint density at radius 2 is 2.14 bits per heavy atom. The number of pyridine rings is 1. The van der Waals surface area contributed by atoms with Crippen LogP contribution in [0, 0.1) is 6.92 Å². The topological polar surface area (TPSA) is 39.2 Å². The second kappa shape index (κ2) is 4.22. The molecule has 0 bridgehead atoms. The van der Waals surface area contributed by atoms with E-state index in [9.17, 15) is 4.79 Å². The Bertz CT molecular complexity index is 345. The highest BCUT2D eigenvalue weighted by Gasteiger charge is 2.11. The van der Waals surface area contributed by atoms with Crippen LogP contribution in [0.15, 0.2) is 12.3 Å². The van der Waals surface area contributed by atoms with Crippen LogP contribution in [0.4, 0.5) is 0 Å². The number of ketones is 1. The first-order chi connectivity index (χ1) is 6.50. The molecule has 0 atom stereocenters. The Morgan fingerprint density at radius 3 is 2.64 bits per heavy atom. The average molecular weight is 193 g/mol. The number of rotatable bonds is 3. The molecule has 0 aromatic carbocycles. The van der Waals surface area contributed by atoms with E-state index in [1.807, 2.05) is 20.8 Å². The number of carbonyl (C=O) groups excluding carboxylic acids is 1. The molecule has 3 nitrogen and oxygen atoms in total. The Balaban J connectivity index is 3.08. The first-order valence-corrected chi connectivity index (χ1v) is 4.65. The zero-order chi connectivity index (χ0) is 10.7. The molecule has 0 spiro atoms. The van der Waals surface area contributed by atoms with E-state index in [0.717, 1.165) is 5.56 Å². The number of ether oxygens (including phenoxy) is 1. The van der Waals surface area contributed by atoms with Gasteiger partial charge in [0.05, 0.1) is 11.7 Å². The number of aromatic nitrogens is 1. The third-order valence-corrected chi connectivity index (χ3v) is 1.71. The number of carbonyl (C=O) groups is 1. The van der Waals surface area contributed by atoms with Crippen molar-refractivity contribution in [2.75, 3.05) is 0 Å². The molecule has 3 heteroatoms. The van der Waals surface area contributed by atoms with Gasteiger partial charge in [0.15, 0.2) is 5.78 Å². The van der Waals surface area contributed by atoms with Crippen LogP contribution in [0.3, 0.4) is 0 Å². The van der Waals surface area contributed by atoms with Crippen LogP contribution in [-0.4, -0.2) is 16.9 Å². The third-order valence-electron chi connectivity index (χ3n) is 1.71. The molecule has 1 heterocycles. The first kappa shape index (κ1) is 10.7. The summed E-state index contributed by atoms with van der Waals surface area (Å²) in [7, 11) is 0. The van der Waals surface area contributed by atoms with Gasteiger partial charge in [-0.1, -0.05) is 0 Å². The third kappa shape index (κ3) is 2.55. The predicted octanol–water partition coefficient (Wildman–Crippen LogP) is 2.38. The fraction of sp³-hybridized carbons (Fsp3) is 0.455. The van der Waals surface area contributed by atoms with Crippen molar-refractivity contribution in [1.29, 1.82) is 0 Å². The minimum atomic E-state index is -0.0168. The van der Waals surface area contributed by atoms with Gasteiger partial charge in [-0.25, -0.2) is 4.98 Å². The van der Waals surface area contributed by atoms with E-state index in [4.69, 9.17) is 4.74 Å². The molecule has 1 rings (SSSR count). The summed E-state index contributed by atoms with van der Waals surface area (Å²) < 4.78 is 5.43. The van der Waals surface area contributed by atoms with Crippen LogP contribution < -0.4 is 4.74 Å². The van der Waals surface area contributed by atoms with E-state index < -0.39 is 0 Å². The second-order valence-corrected chi connectivity index (χ2v) is 3.59. The second-order valence-electron chi connectivity index (χ2n) is 3.59. The van der Waals surface area contributed by atoms with Crippen LogP contribution in [-0.2, 0) is 0 Å². The molecule has 76 valence electrons. The molecule has 0 N–H and O–H groups in total. The maximum Gasteiger partial charge on any atom is 0.224 e. The molecule has 0 aliphatic rings. The molecule has 0 fully saturated rings. The summed E-state index contributed by atoms with van der Waals surface area (Å²) in [6.07, 6.45) is 1.73. The Morgan fingerprint density at radius 1 is 1.50 bits per heavy atom. The molecule has 1 aromatic heterocycles. The van der Waals surface area contributed by atoms with Crippen molar-refractivity contribution in [3.8, 4) is 5.88 Å². The van der Waals surface area contributed by atoms with Crippen molar-refractivity contribution in [1.82, 2.24) is 4.98 Å². The lowest BCUT2D eigenvalue weighted by Crippen LogP contribution is -2.10. The maximum atomic E-state index is 11.3. The molecule has 14 heavy (non-hydrogen) atoms. The number of hydrogen-bond acceptors (Lipinski definition) is 3. The zero-order valence-corrected chi connectivity index (χ0v) is 9.00. The van der Waals surface area contributed by atoms with Crippen molar-refractivity contribution in [3.05, 3.63) is 23.4 Å². The van der Waals surface area contributed by atoms with Gasteiger partial charge in [-0.15, -0.1) is 0 Å². The largest absolute Gasteiger partial charge is 0.474 e. The van der Waals surface area contributed by atoms with E-state index in [0.29, 0.717) is 11.4 Å². The van der Waals surface area contributed by atoms with E-state index in [1.165, 1.54) is 6.92 Å². The van der Waals surface area contributed by atoms with Gasteiger partial charge in [0, 0.05) is 6.20 Å². The monoisotopic (exact) mass is 193 g/mol. The molecule has 0 saturated heterocycles. The van der Waals surface area contributed by atoms with Crippen LogP contribution in [0.5, 0.6) is 5.88 Å². The molecule has 0 amide bonds. The van der Waals surface area contributed by atoms with Gasteiger partial charge >= 0.3 is 0 Å². The van der Waals surface area contributed by atoms with Gasteiger partial charge in [-0.05, 0) is 39.3 Å². The lowest BCUT2D eigenvalue weighted by molar-refractivity contribution is 0.101. The van der Waals surface area contributed by atoms with E-state index in [1.54, 1.807) is 12.3 Å². The average Bonchev–Trinajstić information content (AvgIpc) is 2.07. The summed E-state index contributed by atoms with van der Waals surface area (Å²) in [5.74, 6) is 0.412. The molecule has 0 radical (unpaired) electrons. The van der Waals surface area contributed by atoms with Crippen LogP contribution in [0.1, 0.15) is 36.7 Å². The quantitative estimate of drug-likeness (QED) is 0.692. The zero-order valence-electron chi connectivity index (χ0n) is 9.00. The number of Topliss-reactive ketones (excluding diaryl/α,β-unsaturated/α-hetero) is 1. The molecule has 0 aliphatic carbocycles. The predicted molar refractivity (Wildman–Crippen MR) is 54.7 cm³/mol. The van der Waals surface area contributed by atoms with Gasteiger partial charge in [0.1, 0.15) is 0 Å². The number of aryl methyl sites for hydroxylation is 1. The fourth-order valence-electron chi connectivity index (χ4n) is 1.13. The summed E-state index contributed by atoms with van der Waals surface area (Å²) in [5.41, 5.74) is 1.52. The minimum absolute atomic E-state index is 0.0168. The molecule has 0 unspecified atom stereocenters. The highest BCUT2D eigenvalue weighted by Crippen LogP contribution is 2.18. The standard InChI is InChI=1S/C11H15NO2/c1-7(2)14-11-10(9(4)13)5-8(3)6-12-11/h5-7H,1-4H3. The highest BCUT2D eigenvalue weighted by molar-refractivity contribution is 5.96. The summed E-state index contributed by atoms with van der Waals surface area (Å²) in [5, 5.41) is 0. The molecule has 1 aromatic rings. The lowest BCUT2D eigenvalue weighted by Gasteiger charge is -2.11. The minimum Gasteiger partial charge on any atom is -0.474 e. The van der Waals surface area contributed by atoms with Gasteiger partial charge in [-0.2, -0.15) is 0 Å². The van der Waals surface area contributed by atoms with Gasteiger partial charge in [0.2, 0.25) is 5.88 Å². The maximum absolute atomic E-state index is 11.3. The highest BCUT2D eigenvalue weighted by atomic mass is 16.5. The first-order valence-electron chi connectivity index (χ1n) is 4.65. The van der Waals surface area contributed by atoms with Crippen molar-refractivity contribution < 1.29 is 9.53 Å².